The second-order valence-electron chi connectivity index (χ2n) is 2.65. The number of hydrazine groups is 1. The summed E-state index contributed by atoms with van der Waals surface area (Å²) in [5.74, 6) is 0. The first-order chi connectivity index (χ1) is 4.47. The molecule has 0 aromatic carbocycles. The van der Waals surface area contributed by atoms with E-state index >= 15 is 0 Å². The summed E-state index contributed by atoms with van der Waals surface area (Å²) < 4.78 is 0. The fourth-order valence-corrected chi connectivity index (χ4v) is 1.51. The molecular weight excluding hydrogens is 112 g/mol. The Labute approximate surface area is 55.5 Å². The third-order valence-electron chi connectivity index (χ3n) is 2.00. The Hall–Kier alpha value is -0.500. The molecule has 0 spiro atoms. The van der Waals surface area contributed by atoms with Crippen LogP contribution in [-0.4, -0.2) is 18.1 Å². The molecule has 0 atom stereocenters. The van der Waals surface area contributed by atoms with Crippen LogP contribution in [0.5, 0.6) is 0 Å². The zero-order valence-corrected chi connectivity index (χ0v) is 5.56. The quantitative estimate of drug-likeness (QED) is 0.515. The van der Waals surface area contributed by atoms with Crippen molar-refractivity contribution in [3.8, 4) is 0 Å². The van der Waals surface area contributed by atoms with Gasteiger partial charge in [-0.1, -0.05) is 6.08 Å². The van der Waals surface area contributed by atoms with Crippen LogP contribution < -0.4 is 5.43 Å². The molecule has 1 fully saturated rings. The van der Waals surface area contributed by atoms with Gasteiger partial charge < -0.3 is 5.01 Å². The van der Waals surface area contributed by atoms with Crippen molar-refractivity contribution in [3.05, 3.63) is 11.8 Å². The van der Waals surface area contributed by atoms with Gasteiger partial charge >= 0.3 is 0 Å². The lowest BCUT2D eigenvalue weighted by molar-refractivity contribution is 0.281. The number of nitrogens with one attached hydrogen (secondary N) is 1. The average molecular weight is 124 g/mol. The van der Waals surface area contributed by atoms with Crippen molar-refractivity contribution in [2.75, 3.05) is 13.1 Å². The van der Waals surface area contributed by atoms with Gasteiger partial charge in [0.2, 0.25) is 0 Å². The Kier molecular flexibility index (Phi) is 1.19. The van der Waals surface area contributed by atoms with Gasteiger partial charge in [0.1, 0.15) is 0 Å². The first-order valence-corrected chi connectivity index (χ1v) is 3.67. The molecule has 0 aliphatic carbocycles. The molecule has 9 heavy (non-hydrogen) atoms. The van der Waals surface area contributed by atoms with Crippen LogP contribution in [-0.2, 0) is 0 Å². The molecule has 0 aromatic rings. The second kappa shape index (κ2) is 2.03. The van der Waals surface area contributed by atoms with Crippen LogP contribution in [0.3, 0.4) is 0 Å². The largest absolute Gasteiger partial charge is 0.313 e. The maximum Gasteiger partial charge on any atom is 0.0343 e. The minimum absolute atomic E-state index is 1.14. The number of hydrogen-bond acceptors (Lipinski definition) is 2. The Balaban J connectivity index is 2.16. The van der Waals surface area contributed by atoms with Crippen molar-refractivity contribution in [1.82, 2.24) is 10.4 Å². The van der Waals surface area contributed by atoms with Gasteiger partial charge in [-0.25, -0.2) is 5.43 Å². The summed E-state index contributed by atoms with van der Waals surface area (Å²) in [5.41, 5.74) is 4.84. The van der Waals surface area contributed by atoms with Crippen LogP contribution in [0.4, 0.5) is 0 Å². The predicted molar refractivity (Wildman–Crippen MR) is 36.6 cm³/mol. The molecule has 0 unspecified atom stereocenters. The normalized spacial score (nSPS) is 25.8. The molecule has 2 aliphatic rings. The number of rotatable bonds is 0. The summed E-state index contributed by atoms with van der Waals surface area (Å²) in [6, 6.07) is 0. The van der Waals surface area contributed by atoms with Gasteiger partial charge in [0.05, 0.1) is 0 Å². The molecule has 2 nitrogen and oxygen atoms in total. The zero-order chi connectivity index (χ0) is 6.10. The fourth-order valence-electron chi connectivity index (χ4n) is 1.51. The molecule has 50 valence electrons. The zero-order valence-electron chi connectivity index (χ0n) is 5.56. The van der Waals surface area contributed by atoms with E-state index in [2.05, 4.69) is 16.5 Å². The molecule has 1 saturated heterocycles. The van der Waals surface area contributed by atoms with Crippen LogP contribution in [0.1, 0.15) is 19.3 Å². The molecule has 0 bridgehead atoms. The van der Waals surface area contributed by atoms with E-state index in [0.717, 1.165) is 6.54 Å². The Morgan fingerprint density at radius 3 is 3.44 bits per heavy atom. The molecular formula is C7H12N2. The van der Waals surface area contributed by atoms with Crippen LogP contribution >= 0.6 is 0 Å². The third kappa shape index (κ3) is 0.833. The summed E-state index contributed by atoms with van der Waals surface area (Å²) in [6.07, 6.45) is 6.19. The van der Waals surface area contributed by atoms with Crippen LogP contribution in [0.25, 0.3) is 0 Å². The highest BCUT2D eigenvalue weighted by Gasteiger charge is 2.17. The van der Waals surface area contributed by atoms with Crippen LogP contribution in [0.2, 0.25) is 0 Å². The van der Waals surface area contributed by atoms with Crippen molar-refractivity contribution in [3.63, 3.8) is 0 Å². The Morgan fingerprint density at radius 2 is 2.56 bits per heavy atom. The average Bonchev–Trinajstić information content (AvgIpc) is 2.33. The highest BCUT2D eigenvalue weighted by atomic mass is 15.5. The van der Waals surface area contributed by atoms with Crippen molar-refractivity contribution in [2.45, 2.75) is 19.3 Å². The minimum atomic E-state index is 1.14. The lowest BCUT2D eigenvalue weighted by Gasteiger charge is -2.22. The topological polar surface area (TPSA) is 15.3 Å². The summed E-state index contributed by atoms with van der Waals surface area (Å²) >= 11 is 0. The molecule has 0 radical (unpaired) electrons. The first kappa shape index (κ1) is 5.30. The van der Waals surface area contributed by atoms with Gasteiger partial charge in [-0.05, 0) is 12.8 Å². The van der Waals surface area contributed by atoms with Gasteiger partial charge in [-0.3, -0.25) is 0 Å². The summed E-state index contributed by atoms with van der Waals surface area (Å²) in [7, 11) is 0. The van der Waals surface area contributed by atoms with E-state index in [4.69, 9.17) is 0 Å². The van der Waals surface area contributed by atoms with Crippen molar-refractivity contribution < 1.29 is 0 Å². The number of hydrogen-bond donors (Lipinski definition) is 1. The van der Waals surface area contributed by atoms with Crippen molar-refractivity contribution in [1.29, 1.82) is 0 Å². The Bertz CT molecular complexity index is 140. The summed E-state index contributed by atoms with van der Waals surface area (Å²) in [6.45, 7) is 2.36. The SMILES string of the molecule is C1=C2CCNN2CCC1. The fraction of sp³-hybridized carbons (Fsp3) is 0.714. The molecule has 2 aliphatic heterocycles. The first-order valence-electron chi connectivity index (χ1n) is 3.67. The van der Waals surface area contributed by atoms with E-state index in [1.54, 1.807) is 0 Å². The van der Waals surface area contributed by atoms with E-state index in [0.29, 0.717) is 0 Å². The Morgan fingerprint density at radius 1 is 1.56 bits per heavy atom. The smallest absolute Gasteiger partial charge is 0.0343 e. The van der Waals surface area contributed by atoms with Gasteiger partial charge in [-0.2, -0.15) is 0 Å². The van der Waals surface area contributed by atoms with Gasteiger partial charge in [0, 0.05) is 25.2 Å². The van der Waals surface area contributed by atoms with E-state index in [9.17, 15) is 0 Å². The molecule has 1 N–H and O–H groups in total. The van der Waals surface area contributed by atoms with Crippen molar-refractivity contribution in [2.24, 2.45) is 0 Å². The molecule has 0 saturated carbocycles. The van der Waals surface area contributed by atoms with Gasteiger partial charge in [-0.15, -0.1) is 0 Å². The van der Waals surface area contributed by atoms with E-state index in [1.807, 2.05) is 0 Å². The number of allylic oxidation sites excluding steroid dienone is 1. The standard InChI is InChI=1S/C7H12N2/c1-2-6-9-7(3-1)4-5-8-9/h3,8H,1-2,4-6H2. The van der Waals surface area contributed by atoms with Crippen LogP contribution in [0, 0.1) is 0 Å². The molecule has 0 amide bonds. The number of fused-ring (bicyclic) bond motifs is 1. The highest BCUT2D eigenvalue weighted by Crippen LogP contribution is 2.18. The summed E-state index contributed by atoms with van der Waals surface area (Å²) in [4.78, 5) is 0. The lowest BCUT2D eigenvalue weighted by atomic mass is 10.2. The second-order valence-corrected chi connectivity index (χ2v) is 2.65. The molecule has 2 rings (SSSR count). The monoisotopic (exact) mass is 124 g/mol. The molecule has 2 heteroatoms. The van der Waals surface area contributed by atoms with Gasteiger partial charge in [0.25, 0.3) is 0 Å². The van der Waals surface area contributed by atoms with E-state index < -0.39 is 0 Å². The maximum atomic E-state index is 3.32. The van der Waals surface area contributed by atoms with Crippen LogP contribution in [0.15, 0.2) is 11.8 Å². The minimum Gasteiger partial charge on any atom is -0.313 e. The number of nitrogens with zero attached hydrogens (tertiary/aromatic N) is 1. The molecule has 2 heterocycles. The van der Waals surface area contributed by atoms with E-state index in [1.165, 1.54) is 31.5 Å². The van der Waals surface area contributed by atoms with Crippen molar-refractivity contribution >= 4 is 0 Å². The van der Waals surface area contributed by atoms with E-state index in [-0.39, 0.29) is 0 Å². The molecule has 0 aromatic heterocycles. The predicted octanol–water partition coefficient (Wildman–Crippen LogP) is 0.874. The summed E-state index contributed by atoms with van der Waals surface area (Å²) in [5, 5.41) is 2.28. The lowest BCUT2D eigenvalue weighted by Crippen LogP contribution is -2.32. The highest BCUT2D eigenvalue weighted by molar-refractivity contribution is 5.06. The third-order valence-corrected chi connectivity index (χ3v) is 2.00. The van der Waals surface area contributed by atoms with Gasteiger partial charge in [0.15, 0.2) is 0 Å². The maximum absolute atomic E-state index is 3.32.